The summed E-state index contributed by atoms with van der Waals surface area (Å²) in [5.41, 5.74) is 4.79. The van der Waals surface area contributed by atoms with Crippen molar-refractivity contribution in [3.05, 3.63) is 84.1 Å². The number of aromatic amines is 1. The van der Waals surface area contributed by atoms with Gasteiger partial charge in [0.25, 0.3) is 5.91 Å². The smallest absolute Gasteiger partial charge is 0.338 e. The van der Waals surface area contributed by atoms with Crippen LogP contribution in [0.2, 0.25) is 0 Å². The van der Waals surface area contributed by atoms with Gasteiger partial charge in [0.1, 0.15) is 11.6 Å². The molecule has 2 N–H and O–H groups in total. The van der Waals surface area contributed by atoms with E-state index in [0.717, 1.165) is 27.9 Å². The molecule has 0 aliphatic heterocycles. The Balaban J connectivity index is 1.27. The maximum absolute atomic E-state index is 12.6. The number of benzene rings is 3. The summed E-state index contributed by atoms with van der Waals surface area (Å²) in [6.45, 7) is 1.44. The summed E-state index contributed by atoms with van der Waals surface area (Å²) in [5.74, 6) is 0.399. The number of nitrogens with zero attached hydrogens (tertiary/aromatic N) is 2. The normalized spacial score (nSPS) is 10.9. The largest absolute Gasteiger partial charge is 0.497 e. The number of amides is 1. The average Bonchev–Trinajstić information content (AvgIpc) is 3.31. The molecule has 8 nitrogen and oxygen atoms in total. The van der Waals surface area contributed by atoms with Crippen LogP contribution in [-0.4, -0.2) is 40.5 Å². The SMILES string of the molecule is COc1ccc(-c2nc3ccc(C(=O)OCC(=O)Nc4cc(C)nc5ccccc45)cc3[nH]2)cc1. The molecular weight excluding hydrogens is 444 g/mol. The van der Waals surface area contributed by atoms with Crippen LogP contribution in [-0.2, 0) is 9.53 Å². The van der Waals surface area contributed by atoms with Crippen LogP contribution in [0.1, 0.15) is 16.1 Å². The molecule has 5 rings (SSSR count). The molecule has 3 aromatic carbocycles. The molecule has 0 saturated carbocycles. The number of imidazole rings is 1. The van der Waals surface area contributed by atoms with Crippen LogP contribution in [0.4, 0.5) is 5.69 Å². The molecule has 8 heteroatoms. The van der Waals surface area contributed by atoms with Crippen LogP contribution in [0.3, 0.4) is 0 Å². The van der Waals surface area contributed by atoms with Gasteiger partial charge in [-0.1, -0.05) is 18.2 Å². The minimum Gasteiger partial charge on any atom is -0.497 e. The number of carbonyl (C=O) groups is 2. The fourth-order valence-corrected chi connectivity index (χ4v) is 3.83. The molecule has 1 amide bonds. The Morgan fingerprint density at radius 1 is 0.943 bits per heavy atom. The van der Waals surface area contributed by atoms with Gasteiger partial charge in [-0.2, -0.15) is 0 Å². The summed E-state index contributed by atoms with van der Waals surface area (Å²) < 4.78 is 10.4. The second-order valence-corrected chi connectivity index (χ2v) is 8.00. The van der Waals surface area contributed by atoms with Crippen molar-refractivity contribution < 1.29 is 19.1 Å². The van der Waals surface area contributed by atoms with Crippen molar-refractivity contribution in [1.82, 2.24) is 15.0 Å². The van der Waals surface area contributed by atoms with E-state index in [1.807, 2.05) is 55.5 Å². The summed E-state index contributed by atoms with van der Waals surface area (Å²) in [5, 5.41) is 3.63. The molecule has 0 bridgehead atoms. The van der Waals surface area contributed by atoms with E-state index in [9.17, 15) is 9.59 Å². The van der Waals surface area contributed by atoms with Crippen LogP contribution in [0.5, 0.6) is 5.75 Å². The lowest BCUT2D eigenvalue weighted by atomic mass is 10.1. The molecule has 0 atom stereocenters. The predicted octanol–water partition coefficient (Wildman–Crippen LogP) is 4.89. The van der Waals surface area contributed by atoms with Crippen molar-refractivity contribution in [2.45, 2.75) is 6.92 Å². The standard InChI is InChI=1S/C27H22N4O4/c1-16-13-23(20-5-3-4-6-21(20)28-16)29-25(32)15-35-27(33)18-9-12-22-24(14-18)31-26(30-22)17-7-10-19(34-2)11-8-17/h3-14H,15H2,1-2H3,(H,30,31)(H,28,29,32). The Hall–Kier alpha value is -4.72. The molecule has 2 heterocycles. The summed E-state index contributed by atoms with van der Waals surface area (Å²) >= 11 is 0. The van der Waals surface area contributed by atoms with E-state index >= 15 is 0 Å². The summed E-state index contributed by atoms with van der Waals surface area (Å²) in [4.78, 5) is 37.3. The van der Waals surface area contributed by atoms with Crippen LogP contribution >= 0.6 is 0 Å². The minimum atomic E-state index is -0.599. The first kappa shape index (κ1) is 22.1. The number of ether oxygens (including phenoxy) is 2. The number of nitrogens with one attached hydrogen (secondary N) is 2. The molecule has 0 aliphatic rings. The van der Waals surface area contributed by atoms with Gasteiger partial charge in [0.2, 0.25) is 0 Å². The monoisotopic (exact) mass is 466 g/mol. The van der Waals surface area contributed by atoms with Gasteiger partial charge in [-0.05, 0) is 61.5 Å². The highest BCUT2D eigenvalue weighted by molar-refractivity contribution is 6.02. The van der Waals surface area contributed by atoms with E-state index in [0.29, 0.717) is 28.1 Å². The molecule has 0 spiro atoms. The van der Waals surface area contributed by atoms with E-state index in [-0.39, 0.29) is 0 Å². The number of hydrogen-bond acceptors (Lipinski definition) is 6. The lowest BCUT2D eigenvalue weighted by molar-refractivity contribution is -0.119. The molecule has 0 unspecified atom stereocenters. The highest BCUT2D eigenvalue weighted by Crippen LogP contribution is 2.24. The van der Waals surface area contributed by atoms with Gasteiger partial charge in [0.15, 0.2) is 6.61 Å². The number of rotatable bonds is 6. The van der Waals surface area contributed by atoms with Crippen LogP contribution < -0.4 is 10.1 Å². The van der Waals surface area contributed by atoms with Crippen LogP contribution in [0.15, 0.2) is 72.8 Å². The second-order valence-electron chi connectivity index (χ2n) is 8.00. The Kier molecular flexibility index (Phi) is 5.85. The number of methoxy groups -OCH3 is 1. The lowest BCUT2D eigenvalue weighted by Gasteiger charge is -2.10. The van der Waals surface area contributed by atoms with Gasteiger partial charge in [-0.3, -0.25) is 9.78 Å². The van der Waals surface area contributed by atoms with Gasteiger partial charge in [0.05, 0.1) is 34.9 Å². The summed E-state index contributed by atoms with van der Waals surface area (Å²) in [7, 11) is 1.61. The highest BCUT2D eigenvalue weighted by atomic mass is 16.5. The van der Waals surface area contributed by atoms with Crippen molar-refractivity contribution in [3.8, 4) is 17.1 Å². The summed E-state index contributed by atoms with van der Waals surface area (Å²) in [6.07, 6.45) is 0. The van der Waals surface area contributed by atoms with Gasteiger partial charge in [-0.25, -0.2) is 9.78 Å². The lowest BCUT2D eigenvalue weighted by Crippen LogP contribution is -2.21. The molecule has 0 radical (unpaired) electrons. The van der Waals surface area contributed by atoms with Crippen molar-refractivity contribution in [3.63, 3.8) is 0 Å². The van der Waals surface area contributed by atoms with Crippen molar-refractivity contribution >= 4 is 39.5 Å². The highest BCUT2D eigenvalue weighted by Gasteiger charge is 2.14. The third-order valence-corrected chi connectivity index (χ3v) is 5.53. The molecule has 174 valence electrons. The quantitative estimate of drug-likeness (QED) is 0.345. The Morgan fingerprint density at radius 3 is 2.54 bits per heavy atom. The zero-order valence-corrected chi connectivity index (χ0v) is 19.2. The van der Waals surface area contributed by atoms with E-state index in [1.165, 1.54) is 0 Å². The molecule has 0 saturated heterocycles. The van der Waals surface area contributed by atoms with E-state index in [2.05, 4.69) is 20.3 Å². The van der Waals surface area contributed by atoms with E-state index in [1.54, 1.807) is 31.4 Å². The maximum Gasteiger partial charge on any atom is 0.338 e. The van der Waals surface area contributed by atoms with E-state index < -0.39 is 18.5 Å². The number of H-pyrrole nitrogens is 1. The van der Waals surface area contributed by atoms with Crippen LogP contribution in [0, 0.1) is 6.92 Å². The zero-order chi connectivity index (χ0) is 24.4. The molecule has 0 fully saturated rings. The number of anilines is 1. The molecular formula is C27H22N4O4. The van der Waals surface area contributed by atoms with Gasteiger partial charge < -0.3 is 19.8 Å². The fraction of sp³-hybridized carbons (Fsp3) is 0.111. The first-order chi connectivity index (χ1) is 17.0. The van der Waals surface area contributed by atoms with Gasteiger partial charge in [0, 0.05) is 16.6 Å². The number of pyridine rings is 1. The minimum absolute atomic E-state index is 0.320. The topological polar surface area (TPSA) is 106 Å². The maximum atomic E-state index is 12.6. The Morgan fingerprint density at radius 2 is 1.74 bits per heavy atom. The number of aryl methyl sites for hydroxylation is 1. The third kappa shape index (κ3) is 4.67. The number of esters is 1. The fourth-order valence-electron chi connectivity index (χ4n) is 3.83. The van der Waals surface area contributed by atoms with E-state index in [4.69, 9.17) is 9.47 Å². The predicted molar refractivity (Wildman–Crippen MR) is 133 cm³/mol. The van der Waals surface area contributed by atoms with Crippen molar-refractivity contribution in [2.75, 3.05) is 19.0 Å². The van der Waals surface area contributed by atoms with Gasteiger partial charge >= 0.3 is 5.97 Å². The third-order valence-electron chi connectivity index (χ3n) is 5.53. The van der Waals surface area contributed by atoms with Crippen LogP contribution in [0.25, 0.3) is 33.3 Å². The Labute approximate surface area is 200 Å². The van der Waals surface area contributed by atoms with Gasteiger partial charge in [-0.15, -0.1) is 0 Å². The van der Waals surface area contributed by atoms with Crippen molar-refractivity contribution in [1.29, 1.82) is 0 Å². The molecule has 0 aliphatic carbocycles. The molecule has 35 heavy (non-hydrogen) atoms. The first-order valence-corrected chi connectivity index (χ1v) is 11.0. The summed E-state index contributed by atoms with van der Waals surface area (Å²) in [6, 6.07) is 21.8. The number of fused-ring (bicyclic) bond motifs is 2. The Bertz CT molecular complexity index is 1560. The van der Waals surface area contributed by atoms with Crippen molar-refractivity contribution in [2.24, 2.45) is 0 Å². The number of carbonyl (C=O) groups excluding carboxylic acids is 2. The second kappa shape index (κ2) is 9.26. The number of hydrogen-bond donors (Lipinski definition) is 2. The molecule has 5 aromatic rings. The average molecular weight is 466 g/mol. The molecule has 2 aromatic heterocycles. The number of para-hydroxylation sites is 1. The zero-order valence-electron chi connectivity index (χ0n) is 19.2. The first-order valence-electron chi connectivity index (χ1n) is 11.0. The number of aromatic nitrogens is 3.